The molecule has 0 aliphatic carbocycles. The summed E-state index contributed by atoms with van der Waals surface area (Å²) in [6.07, 6.45) is 4.86. The first-order valence-electron chi connectivity index (χ1n) is 6.99. The van der Waals surface area contributed by atoms with Crippen molar-refractivity contribution >= 4 is 11.6 Å². The molecule has 0 bridgehead atoms. The number of benzene rings is 1. The van der Waals surface area contributed by atoms with Crippen molar-refractivity contribution in [3.63, 3.8) is 0 Å². The number of hydrogen-bond donors (Lipinski definition) is 1. The van der Waals surface area contributed by atoms with Crippen molar-refractivity contribution in [1.82, 2.24) is 19.9 Å². The van der Waals surface area contributed by atoms with Crippen LogP contribution in [0.15, 0.2) is 55.4 Å². The van der Waals surface area contributed by atoms with Crippen molar-refractivity contribution in [2.24, 2.45) is 0 Å². The molecular formula is C17H16N4O. The Labute approximate surface area is 128 Å². The van der Waals surface area contributed by atoms with Gasteiger partial charge in [-0.1, -0.05) is 35.9 Å². The molecule has 2 heterocycles. The van der Waals surface area contributed by atoms with Crippen molar-refractivity contribution in [3.8, 4) is 11.3 Å². The summed E-state index contributed by atoms with van der Waals surface area (Å²) in [5.74, 6) is -0.205. The third-order valence-corrected chi connectivity index (χ3v) is 3.40. The van der Waals surface area contributed by atoms with E-state index in [1.807, 2.05) is 37.3 Å². The normalized spacial score (nSPS) is 10.6. The fourth-order valence-corrected chi connectivity index (χ4v) is 2.25. The Morgan fingerprint density at radius 1 is 1.32 bits per heavy atom. The number of carbonyl (C=O) groups is 1. The van der Waals surface area contributed by atoms with E-state index in [0.29, 0.717) is 17.8 Å². The van der Waals surface area contributed by atoms with Gasteiger partial charge in [-0.25, -0.2) is 9.50 Å². The second-order valence-electron chi connectivity index (χ2n) is 4.99. The summed E-state index contributed by atoms with van der Waals surface area (Å²) in [6.45, 7) is 6.04. The van der Waals surface area contributed by atoms with Crippen LogP contribution in [0.25, 0.3) is 16.9 Å². The van der Waals surface area contributed by atoms with E-state index in [0.717, 1.165) is 11.3 Å². The number of nitrogens with one attached hydrogen (secondary N) is 1. The lowest BCUT2D eigenvalue weighted by Gasteiger charge is -2.05. The molecule has 1 amide bonds. The van der Waals surface area contributed by atoms with Gasteiger partial charge in [0.25, 0.3) is 5.91 Å². The molecule has 0 saturated carbocycles. The van der Waals surface area contributed by atoms with Gasteiger partial charge in [-0.15, -0.1) is 6.58 Å². The molecule has 0 unspecified atom stereocenters. The summed E-state index contributed by atoms with van der Waals surface area (Å²) < 4.78 is 1.69. The molecule has 5 heteroatoms. The maximum Gasteiger partial charge on any atom is 0.257 e. The van der Waals surface area contributed by atoms with Crippen molar-refractivity contribution in [2.45, 2.75) is 6.92 Å². The van der Waals surface area contributed by atoms with Gasteiger partial charge in [-0.2, -0.15) is 5.10 Å². The zero-order valence-electron chi connectivity index (χ0n) is 12.3. The highest BCUT2D eigenvalue weighted by Crippen LogP contribution is 2.21. The number of rotatable bonds is 4. The number of carbonyl (C=O) groups excluding carboxylic acids is 1. The molecule has 1 aromatic carbocycles. The van der Waals surface area contributed by atoms with Crippen LogP contribution in [-0.2, 0) is 0 Å². The van der Waals surface area contributed by atoms with E-state index in [9.17, 15) is 4.79 Å². The topological polar surface area (TPSA) is 59.3 Å². The zero-order chi connectivity index (χ0) is 15.5. The van der Waals surface area contributed by atoms with Crippen LogP contribution >= 0.6 is 0 Å². The summed E-state index contributed by atoms with van der Waals surface area (Å²) in [5.41, 5.74) is 4.11. The van der Waals surface area contributed by atoms with Gasteiger partial charge >= 0.3 is 0 Å². The molecule has 5 nitrogen and oxygen atoms in total. The van der Waals surface area contributed by atoms with E-state index in [1.54, 1.807) is 23.0 Å². The maximum absolute atomic E-state index is 12.1. The molecule has 0 atom stereocenters. The van der Waals surface area contributed by atoms with Crippen LogP contribution in [0.2, 0.25) is 0 Å². The van der Waals surface area contributed by atoms with Gasteiger partial charge in [0.05, 0.1) is 11.9 Å². The fraction of sp³-hybridized carbons (Fsp3) is 0.118. The van der Waals surface area contributed by atoms with Crippen LogP contribution < -0.4 is 5.32 Å². The molecule has 2 aromatic heterocycles. The average molecular weight is 292 g/mol. The number of amides is 1. The van der Waals surface area contributed by atoms with Gasteiger partial charge in [-0.05, 0) is 13.0 Å². The number of nitrogens with zero attached hydrogens (tertiary/aromatic N) is 3. The number of hydrogen-bond acceptors (Lipinski definition) is 3. The molecule has 3 aromatic rings. The van der Waals surface area contributed by atoms with Crippen molar-refractivity contribution in [2.75, 3.05) is 6.54 Å². The molecule has 110 valence electrons. The highest BCUT2D eigenvalue weighted by Gasteiger charge is 2.15. The summed E-state index contributed by atoms with van der Waals surface area (Å²) in [6, 6.07) is 10.0. The highest BCUT2D eigenvalue weighted by molar-refractivity contribution is 5.99. The molecule has 0 aliphatic heterocycles. The minimum absolute atomic E-state index is 0.205. The summed E-state index contributed by atoms with van der Waals surface area (Å²) in [4.78, 5) is 16.4. The Morgan fingerprint density at radius 3 is 2.82 bits per heavy atom. The smallest absolute Gasteiger partial charge is 0.257 e. The molecule has 0 aliphatic rings. The number of aryl methyl sites for hydroxylation is 1. The molecule has 3 rings (SSSR count). The summed E-state index contributed by atoms with van der Waals surface area (Å²) in [7, 11) is 0. The monoisotopic (exact) mass is 292 g/mol. The largest absolute Gasteiger partial charge is 0.348 e. The second-order valence-corrected chi connectivity index (χ2v) is 4.99. The Hall–Kier alpha value is -2.95. The van der Waals surface area contributed by atoms with Gasteiger partial charge in [0.2, 0.25) is 0 Å². The Kier molecular flexibility index (Phi) is 3.70. The lowest BCUT2D eigenvalue weighted by atomic mass is 10.1. The fourth-order valence-electron chi connectivity index (χ4n) is 2.25. The van der Waals surface area contributed by atoms with Crippen LogP contribution in [0, 0.1) is 6.92 Å². The molecule has 0 fully saturated rings. The molecular weight excluding hydrogens is 276 g/mol. The maximum atomic E-state index is 12.1. The Balaban J connectivity index is 2.07. The van der Waals surface area contributed by atoms with Crippen molar-refractivity contribution < 1.29 is 4.79 Å². The van der Waals surface area contributed by atoms with E-state index in [1.165, 1.54) is 5.56 Å². The van der Waals surface area contributed by atoms with E-state index in [4.69, 9.17) is 0 Å². The average Bonchev–Trinajstić information content (AvgIpc) is 2.97. The van der Waals surface area contributed by atoms with Crippen molar-refractivity contribution in [3.05, 3.63) is 66.5 Å². The first kappa shape index (κ1) is 14.0. The molecule has 0 saturated heterocycles. The molecule has 1 N–H and O–H groups in total. The third-order valence-electron chi connectivity index (χ3n) is 3.40. The van der Waals surface area contributed by atoms with E-state index >= 15 is 0 Å². The van der Waals surface area contributed by atoms with Crippen LogP contribution in [-0.4, -0.2) is 27.0 Å². The quantitative estimate of drug-likeness (QED) is 0.752. The van der Waals surface area contributed by atoms with Gasteiger partial charge in [0.1, 0.15) is 5.56 Å². The zero-order valence-corrected chi connectivity index (χ0v) is 12.3. The van der Waals surface area contributed by atoms with Crippen LogP contribution in [0.1, 0.15) is 15.9 Å². The SMILES string of the molecule is C=CCNC(=O)c1cnn2c(-c3ccc(C)cc3)ccnc12. The minimum atomic E-state index is -0.205. The molecule has 0 radical (unpaired) electrons. The van der Waals surface area contributed by atoms with Gasteiger partial charge < -0.3 is 5.32 Å². The Bertz CT molecular complexity index is 833. The predicted octanol–water partition coefficient (Wildman–Crippen LogP) is 2.62. The summed E-state index contributed by atoms with van der Waals surface area (Å²) >= 11 is 0. The highest BCUT2D eigenvalue weighted by atomic mass is 16.1. The third kappa shape index (κ3) is 2.48. The second kappa shape index (κ2) is 5.81. The van der Waals surface area contributed by atoms with Crippen LogP contribution in [0.5, 0.6) is 0 Å². The van der Waals surface area contributed by atoms with Gasteiger partial charge in [-0.3, -0.25) is 4.79 Å². The number of fused-ring (bicyclic) bond motifs is 1. The Morgan fingerprint density at radius 2 is 2.09 bits per heavy atom. The van der Waals surface area contributed by atoms with Crippen LogP contribution in [0.4, 0.5) is 0 Å². The minimum Gasteiger partial charge on any atom is -0.348 e. The molecule has 22 heavy (non-hydrogen) atoms. The molecule has 0 spiro atoms. The van der Waals surface area contributed by atoms with E-state index in [-0.39, 0.29) is 5.91 Å². The van der Waals surface area contributed by atoms with Crippen molar-refractivity contribution in [1.29, 1.82) is 0 Å². The van der Waals surface area contributed by atoms with Gasteiger partial charge in [0, 0.05) is 18.3 Å². The lowest BCUT2D eigenvalue weighted by molar-refractivity contribution is 0.0959. The van der Waals surface area contributed by atoms with Gasteiger partial charge in [0.15, 0.2) is 5.65 Å². The predicted molar refractivity (Wildman–Crippen MR) is 85.7 cm³/mol. The number of aromatic nitrogens is 3. The first-order chi connectivity index (χ1) is 10.7. The summed E-state index contributed by atoms with van der Waals surface area (Å²) in [5, 5.41) is 7.06. The van der Waals surface area contributed by atoms with Crippen LogP contribution in [0.3, 0.4) is 0 Å². The lowest BCUT2D eigenvalue weighted by Crippen LogP contribution is -2.23. The standard InChI is InChI=1S/C17H16N4O/c1-3-9-19-17(22)14-11-20-21-15(8-10-18-16(14)21)13-6-4-12(2)5-7-13/h3-8,10-11H,1,9H2,2H3,(H,19,22). The van der Waals surface area contributed by atoms with E-state index in [2.05, 4.69) is 22.0 Å². The first-order valence-corrected chi connectivity index (χ1v) is 6.99. The van der Waals surface area contributed by atoms with E-state index < -0.39 is 0 Å².